The van der Waals surface area contributed by atoms with Crippen LogP contribution in [0.15, 0.2) is 24.3 Å². The number of carbonyl (C=O) groups excluding carboxylic acids is 1. The fourth-order valence-electron chi connectivity index (χ4n) is 2.77. The molecule has 0 saturated carbocycles. The van der Waals surface area contributed by atoms with Gasteiger partial charge in [-0.2, -0.15) is 0 Å². The first-order valence-corrected chi connectivity index (χ1v) is 9.11. The van der Waals surface area contributed by atoms with Gasteiger partial charge in [0.15, 0.2) is 0 Å². The van der Waals surface area contributed by atoms with E-state index in [1.54, 1.807) is 0 Å². The van der Waals surface area contributed by atoms with E-state index in [2.05, 4.69) is 62.6 Å². The summed E-state index contributed by atoms with van der Waals surface area (Å²) in [6.45, 7) is 10.4. The van der Waals surface area contributed by atoms with Gasteiger partial charge in [0.05, 0.1) is 12.6 Å². The molecule has 1 aromatic carbocycles. The van der Waals surface area contributed by atoms with Gasteiger partial charge in [0.2, 0.25) is 5.91 Å². The van der Waals surface area contributed by atoms with Gasteiger partial charge in [-0.1, -0.05) is 65.3 Å². The van der Waals surface area contributed by atoms with E-state index in [0.717, 1.165) is 12.0 Å². The number of amides is 1. The van der Waals surface area contributed by atoms with E-state index in [9.17, 15) is 9.59 Å². The molecule has 0 radical (unpaired) electrons. The summed E-state index contributed by atoms with van der Waals surface area (Å²) in [5, 5.41) is 15.0. The van der Waals surface area contributed by atoms with Crippen molar-refractivity contribution in [3.63, 3.8) is 0 Å². The van der Waals surface area contributed by atoms with E-state index < -0.39 is 12.0 Å². The first kappa shape index (κ1) is 21.2. The number of aliphatic carboxylic acids is 1. The van der Waals surface area contributed by atoms with Crippen LogP contribution in [0.5, 0.6) is 0 Å². The molecule has 2 atom stereocenters. The fraction of sp³-hybridized carbons (Fsp3) is 0.600. The van der Waals surface area contributed by atoms with E-state index in [4.69, 9.17) is 5.11 Å². The van der Waals surface area contributed by atoms with Crippen LogP contribution in [0, 0.1) is 5.92 Å². The Labute approximate surface area is 151 Å². The lowest BCUT2D eigenvalue weighted by Crippen LogP contribution is -2.44. The van der Waals surface area contributed by atoms with Gasteiger partial charge < -0.3 is 10.4 Å². The summed E-state index contributed by atoms with van der Waals surface area (Å²) in [4.78, 5) is 23.4. The molecule has 0 bridgehead atoms. The van der Waals surface area contributed by atoms with Crippen LogP contribution >= 0.6 is 0 Å². The summed E-state index contributed by atoms with van der Waals surface area (Å²) < 4.78 is 0. The van der Waals surface area contributed by atoms with Crippen molar-refractivity contribution in [1.82, 2.24) is 10.6 Å². The van der Waals surface area contributed by atoms with Crippen molar-refractivity contribution in [2.45, 2.75) is 65.5 Å². The van der Waals surface area contributed by atoms with Gasteiger partial charge in [-0.3, -0.25) is 14.9 Å². The molecule has 0 aliphatic heterocycles. The largest absolute Gasteiger partial charge is 0.480 e. The molecule has 1 aromatic rings. The Morgan fingerprint density at radius 1 is 1.04 bits per heavy atom. The molecule has 0 saturated heterocycles. The summed E-state index contributed by atoms with van der Waals surface area (Å²) >= 11 is 0. The Morgan fingerprint density at radius 2 is 1.60 bits per heavy atom. The third kappa shape index (κ3) is 6.86. The summed E-state index contributed by atoms with van der Waals surface area (Å²) in [6, 6.07) is 7.54. The van der Waals surface area contributed by atoms with E-state index in [0.29, 0.717) is 12.3 Å². The summed E-state index contributed by atoms with van der Waals surface area (Å²) in [5.41, 5.74) is 2.33. The van der Waals surface area contributed by atoms with Crippen LogP contribution in [0.2, 0.25) is 0 Å². The van der Waals surface area contributed by atoms with Crippen LogP contribution in [0.25, 0.3) is 0 Å². The van der Waals surface area contributed by atoms with Crippen molar-refractivity contribution >= 4 is 11.9 Å². The van der Waals surface area contributed by atoms with E-state index in [1.165, 1.54) is 5.56 Å². The topological polar surface area (TPSA) is 78.4 Å². The van der Waals surface area contributed by atoms with Crippen LogP contribution in [-0.4, -0.2) is 29.6 Å². The number of hydrogen-bond acceptors (Lipinski definition) is 3. The summed E-state index contributed by atoms with van der Waals surface area (Å²) in [7, 11) is 0. The smallest absolute Gasteiger partial charge is 0.320 e. The second-order valence-electron chi connectivity index (χ2n) is 7.17. The van der Waals surface area contributed by atoms with E-state index in [1.807, 2.05) is 6.92 Å². The van der Waals surface area contributed by atoms with Crippen LogP contribution in [0.4, 0.5) is 0 Å². The minimum atomic E-state index is -0.917. The predicted octanol–water partition coefficient (Wildman–Crippen LogP) is 3.47. The van der Waals surface area contributed by atoms with Crippen LogP contribution < -0.4 is 10.6 Å². The average molecular weight is 348 g/mol. The zero-order valence-electron chi connectivity index (χ0n) is 16.0. The molecule has 0 spiro atoms. The second-order valence-corrected chi connectivity index (χ2v) is 7.17. The molecule has 3 N–H and O–H groups in total. The molecule has 25 heavy (non-hydrogen) atoms. The number of carboxylic acids is 1. The highest BCUT2D eigenvalue weighted by Crippen LogP contribution is 2.24. The fourth-order valence-corrected chi connectivity index (χ4v) is 2.77. The third-order valence-electron chi connectivity index (χ3n) is 4.33. The van der Waals surface area contributed by atoms with Gasteiger partial charge in [-0.25, -0.2) is 0 Å². The number of nitrogens with one attached hydrogen (secondary N) is 2. The maximum Gasteiger partial charge on any atom is 0.320 e. The molecule has 1 rings (SSSR count). The number of benzene rings is 1. The van der Waals surface area contributed by atoms with E-state index >= 15 is 0 Å². The highest BCUT2D eigenvalue weighted by molar-refractivity contribution is 5.80. The zero-order valence-corrected chi connectivity index (χ0v) is 16.0. The first-order valence-electron chi connectivity index (χ1n) is 9.11. The lowest BCUT2D eigenvalue weighted by Gasteiger charge is -2.24. The van der Waals surface area contributed by atoms with E-state index in [-0.39, 0.29) is 24.4 Å². The Bertz CT molecular complexity index is 553. The number of carbonyl (C=O) groups is 2. The predicted molar refractivity (Wildman–Crippen MR) is 101 cm³/mol. The molecule has 0 aromatic heterocycles. The molecule has 5 nitrogen and oxygen atoms in total. The molecule has 5 heteroatoms. The standard InChI is InChI=1S/C20H32N2O3/c1-6-7-17(20(24)25)21-12-18(23)22-19(14(4)5)16-10-8-15(9-11-16)13(2)3/h8-11,13-14,17,19,21H,6-7,12H2,1-5H3,(H,22,23)(H,24,25). The first-order chi connectivity index (χ1) is 11.8. The SMILES string of the molecule is CCCC(NCC(=O)NC(c1ccc(C(C)C)cc1)C(C)C)C(=O)O. The quantitative estimate of drug-likeness (QED) is 0.605. The van der Waals surface area contributed by atoms with Crippen molar-refractivity contribution in [2.75, 3.05) is 6.54 Å². The van der Waals surface area contributed by atoms with Gasteiger partial charge >= 0.3 is 5.97 Å². The van der Waals surface area contributed by atoms with Crippen molar-refractivity contribution in [1.29, 1.82) is 0 Å². The molecule has 1 amide bonds. The number of carboxylic acid groups (broad SMARTS) is 1. The Hall–Kier alpha value is -1.88. The van der Waals surface area contributed by atoms with Crippen LogP contribution in [-0.2, 0) is 9.59 Å². The maximum absolute atomic E-state index is 12.3. The van der Waals surface area contributed by atoms with Crippen LogP contribution in [0.1, 0.15) is 70.5 Å². The van der Waals surface area contributed by atoms with Crippen molar-refractivity contribution in [3.8, 4) is 0 Å². The number of rotatable bonds is 10. The van der Waals surface area contributed by atoms with Crippen LogP contribution in [0.3, 0.4) is 0 Å². The highest BCUT2D eigenvalue weighted by Gasteiger charge is 2.21. The zero-order chi connectivity index (χ0) is 19.0. The Morgan fingerprint density at radius 3 is 2.04 bits per heavy atom. The Kier molecular flexibility index (Phi) is 8.62. The second kappa shape index (κ2) is 10.2. The average Bonchev–Trinajstić information content (AvgIpc) is 2.56. The number of hydrogen-bond donors (Lipinski definition) is 3. The molecule has 0 fully saturated rings. The van der Waals surface area contributed by atoms with Gasteiger partial charge in [-0.05, 0) is 29.4 Å². The third-order valence-corrected chi connectivity index (χ3v) is 4.33. The molecule has 0 heterocycles. The van der Waals surface area contributed by atoms with Crippen molar-refractivity contribution < 1.29 is 14.7 Å². The molecular weight excluding hydrogens is 316 g/mol. The highest BCUT2D eigenvalue weighted by atomic mass is 16.4. The lowest BCUT2D eigenvalue weighted by atomic mass is 9.93. The molecule has 0 aliphatic carbocycles. The molecule has 0 aliphatic rings. The van der Waals surface area contributed by atoms with Gasteiger partial charge in [0.1, 0.15) is 6.04 Å². The molecule has 140 valence electrons. The van der Waals surface area contributed by atoms with Crippen molar-refractivity contribution in [2.24, 2.45) is 5.92 Å². The van der Waals surface area contributed by atoms with Gasteiger partial charge in [0.25, 0.3) is 0 Å². The monoisotopic (exact) mass is 348 g/mol. The normalized spacial score (nSPS) is 13.7. The molecule has 2 unspecified atom stereocenters. The van der Waals surface area contributed by atoms with Gasteiger partial charge in [-0.15, -0.1) is 0 Å². The lowest BCUT2D eigenvalue weighted by molar-refractivity contribution is -0.139. The Balaban J connectivity index is 2.71. The summed E-state index contributed by atoms with van der Waals surface area (Å²) in [6.07, 6.45) is 1.26. The minimum absolute atomic E-state index is 0.00423. The minimum Gasteiger partial charge on any atom is -0.480 e. The maximum atomic E-state index is 12.3. The van der Waals surface area contributed by atoms with Gasteiger partial charge in [0, 0.05) is 0 Å². The van der Waals surface area contributed by atoms with Crippen molar-refractivity contribution in [3.05, 3.63) is 35.4 Å². The summed E-state index contributed by atoms with van der Waals surface area (Å²) in [5.74, 6) is -0.398. The molecular formula is C20H32N2O3.